The van der Waals surface area contributed by atoms with Crippen molar-refractivity contribution in [1.29, 1.82) is 0 Å². The van der Waals surface area contributed by atoms with Gasteiger partial charge in [-0.15, -0.1) is 0 Å². The molecule has 2 amide bonds. The summed E-state index contributed by atoms with van der Waals surface area (Å²) in [4.78, 5) is 29.6. The fourth-order valence-electron chi connectivity index (χ4n) is 6.04. The van der Waals surface area contributed by atoms with E-state index in [2.05, 4.69) is 0 Å². The highest BCUT2D eigenvalue weighted by Gasteiger charge is 2.42. The number of aromatic nitrogens is 1. The second kappa shape index (κ2) is 13.7. The number of rotatable bonds is 10. The van der Waals surface area contributed by atoms with Gasteiger partial charge in [0.2, 0.25) is 0 Å². The molecule has 1 aliphatic rings. The lowest BCUT2D eigenvalue weighted by Gasteiger charge is -2.31. The van der Waals surface area contributed by atoms with Crippen LogP contribution in [0, 0.1) is 0 Å². The Morgan fingerprint density at radius 3 is 2.43 bits per heavy atom. The number of carbonyl (C=O) groups is 2. The van der Waals surface area contributed by atoms with Crippen LogP contribution in [0.15, 0.2) is 72.8 Å². The minimum absolute atomic E-state index is 0.146. The smallest absolute Gasteiger partial charge is 0.354 e. The molecule has 46 heavy (non-hydrogen) atoms. The number of para-hydroxylation sites is 2. The number of hydrogen-bond donors (Lipinski definition) is 3. The van der Waals surface area contributed by atoms with E-state index in [4.69, 9.17) is 21.1 Å². The summed E-state index contributed by atoms with van der Waals surface area (Å²) in [5.41, 5.74) is 4.53. The third-order valence-corrected chi connectivity index (χ3v) is 8.82. The summed E-state index contributed by atoms with van der Waals surface area (Å²) in [5.74, 6) is 0.431. The van der Waals surface area contributed by atoms with E-state index >= 15 is 0 Å². The van der Waals surface area contributed by atoms with Gasteiger partial charge in [0.05, 0.1) is 45.7 Å². The van der Waals surface area contributed by atoms with E-state index in [0.717, 1.165) is 22.5 Å². The van der Waals surface area contributed by atoms with Gasteiger partial charge in [-0.1, -0.05) is 48.0 Å². The van der Waals surface area contributed by atoms with E-state index in [1.807, 2.05) is 73.1 Å². The van der Waals surface area contributed by atoms with Crippen LogP contribution in [0.25, 0.3) is 11.1 Å². The molecule has 3 atom stereocenters. The van der Waals surface area contributed by atoms with Crippen LogP contribution >= 0.6 is 11.6 Å². The number of aliphatic hydroxyl groups excluding tert-OH is 3. The molecule has 0 fully saturated rings. The first kappa shape index (κ1) is 33.2. The van der Waals surface area contributed by atoms with Gasteiger partial charge in [-0.05, 0) is 37.3 Å². The maximum absolute atomic E-state index is 14.7. The van der Waals surface area contributed by atoms with Gasteiger partial charge in [0.1, 0.15) is 41.1 Å². The predicted octanol–water partition coefficient (Wildman–Crippen LogP) is 4.34. The molecule has 0 aliphatic carbocycles. The molecular weight excluding hydrogens is 610 g/mol. The number of aliphatic hydroxyl groups is 3. The summed E-state index contributed by atoms with van der Waals surface area (Å²) in [7, 11) is 4.89. The fourth-order valence-corrected chi connectivity index (χ4v) is 6.31. The normalized spacial score (nSPS) is 16.9. The zero-order valence-corrected chi connectivity index (χ0v) is 27.1. The molecule has 0 bridgehead atoms. The van der Waals surface area contributed by atoms with Crippen LogP contribution in [0.2, 0.25) is 5.02 Å². The van der Waals surface area contributed by atoms with E-state index in [-0.39, 0.29) is 29.4 Å². The molecule has 0 spiro atoms. The van der Waals surface area contributed by atoms with Crippen LogP contribution in [-0.2, 0) is 13.1 Å². The fraction of sp³-hybridized carbons (Fsp3) is 0.314. The van der Waals surface area contributed by atoms with E-state index in [1.54, 1.807) is 18.2 Å². The predicted molar refractivity (Wildman–Crippen MR) is 176 cm³/mol. The number of halogens is 1. The summed E-state index contributed by atoms with van der Waals surface area (Å²) in [6, 6.07) is 22.1. The van der Waals surface area contributed by atoms with Gasteiger partial charge in [-0.2, -0.15) is 0 Å². The molecule has 5 rings (SSSR count). The molecule has 1 aliphatic heterocycles. The number of methoxy groups -OCH3 is 1. The first-order valence-electron chi connectivity index (χ1n) is 15.0. The van der Waals surface area contributed by atoms with E-state index in [1.165, 1.54) is 19.1 Å². The molecule has 0 radical (unpaired) electrons. The SMILES string of the molecule is CCOc1ccccc1-c1cc(OC)c(C(=O)[N+]2(C)Cc3ccc(C(=O)N(C)CC(O)C(O)CO)n3Cc3ccccc32)cc1Cl. The highest BCUT2D eigenvalue weighted by Crippen LogP contribution is 2.42. The maximum atomic E-state index is 14.7. The molecule has 3 N–H and O–H groups in total. The molecule has 0 saturated carbocycles. The van der Waals surface area contributed by atoms with Gasteiger partial charge in [0.15, 0.2) is 0 Å². The lowest BCUT2D eigenvalue weighted by atomic mass is 10.00. The van der Waals surface area contributed by atoms with Gasteiger partial charge < -0.3 is 34.3 Å². The van der Waals surface area contributed by atoms with Gasteiger partial charge in [-0.25, -0.2) is 9.28 Å². The van der Waals surface area contributed by atoms with Gasteiger partial charge in [0, 0.05) is 41.4 Å². The van der Waals surface area contributed by atoms with Crippen LogP contribution in [0.4, 0.5) is 5.69 Å². The summed E-state index contributed by atoms with van der Waals surface area (Å²) in [5, 5.41) is 29.5. The number of carbonyl (C=O) groups excluding carboxylic acids is 2. The van der Waals surface area contributed by atoms with Crippen molar-refractivity contribution in [3.05, 3.63) is 100 Å². The monoisotopic (exact) mass is 648 g/mol. The Morgan fingerprint density at radius 1 is 1.00 bits per heavy atom. The average molecular weight is 649 g/mol. The number of hydrogen-bond acceptors (Lipinski definition) is 7. The van der Waals surface area contributed by atoms with Crippen LogP contribution in [0.3, 0.4) is 0 Å². The minimum atomic E-state index is -1.37. The Morgan fingerprint density at radius 2 is 1.72 bits per heavy atom. The van der Waals surface area contributed by atoms with Crippen molar-refractivity contribution in [2.24, 2.45) is 0 Å². The molecule has 3 aromatic carbocycles. The van der Waals surface area contributed by atoms with Crippen molar-refractivity contribution < 1.29 is 34.4 Å². The second-order valence-corrected chi connectivity index (χ2v) is 12.0. The number of likely N-dealkylation sites (N-methyl/N-ethyl adjacent to an activating group) is 1. The summed E-state index contributed by atoms with van der Waals surface area (Å²) < 4.78 is 13.3. The van der Waals surface area contributed by atoms with Crippen LogP contribution in [0.1, 0.15) is 39.0 Å². The Kier molecular flexibility index (Phi) is 9.85. The Labute approximate surface area is 273 Å². The minimum Gasteiger partial charge on any atom is -0.496 e. The van der Waals surface area contributed by atoms with Gasteiger partial charge in [0.25, 0.3) is 5.91 Å². The lowest BCUT2D eigenvalue weighted by molar-refractivity contribution is -0.0244. The van der Waals surface area contributed by atoms with Gasteiger partial charge >= 0.3 is 5.91 Å². The number of amides is 2. The zero-order chi connectivity index (χ0) is 33.2. The topological polar surface area (TPSA) is 121 Å². The average Bonchev–Trinajstić information content (AvgIpc) is 3.39. The first-order valence-corrected chi connectivity index (χ1v) is 15.4. The molecule has 242 valence electrons. The van der Waals surface area contributed by atoms with Crippen LogP contribution in [-0.4, -0.2) is 89.8 Å². The van der Waals surface area contributed by atoms with Crippen molar-refractivity contribution in [3.8, 4) is 22.6 Å². The molecule has 10 nitrogen and oxygen atoms in total. The third kappa shape index (κ3) is 6.14. The van der Waals surface area contributed by atoms with E-state index in [9.17, 15) is 24.9 Å². The van der Waals surface area contributed by atoms with Crippen LogP contribution < -0.4 is 14.0 Å². The summed E-state index contributed by atoms with van der Waals surface area (Å²) >= 11 is 6.88. The molecule has 4 aromatic rings. The largest absolute Gasteiger partial charge is 0.496 e. The summed E-state index contributed by atoms with van der Waals surface area (Å²) in [6.07, 6.45) is -2.67. The standard InChI is InChI=1S/C35H39ClN3O7/c1-5-46-32-13-9-7-11-24(32)25-17-33(45-4)26(16-27(25)36)35(44)39(3)20-23-14-15-28(34(43)37(2)19-30(41)31(42)21-40)38(23)18-22-10-6-8-12-29(22)39/h6-17,30-31,40-42H,5,18-21H2,1-4H3/q+1. The number of benzene rings is 3. The Balaban J connectivity index is 1.55. The number of ether oxygens (including phenoxy) is 2. The first-order chi connectivity index (χ1) is 22.0. The quantitative estimate of drug-likeness (QED) is 0.219. The molecule has 11 heteroatoms. The van der Waals surface area contributed by atoms with Crippen LogP contribution in [0.5, 0.6) is 11.5 Å². The molecule has 1 aromatic heterocycles. The van der Waals surface area contributed by atoms with Crippen molar-refractivity contribution in [3.63, 3.8) is 0 Å². The summed E-state index contributed by atoms with van der Waals surface area (Å²) in [6.45, 7) is 2.17. The van der Waals surface area contributed by atoms with Crippen molar-refractivity contribution >= 4 is 29.1 Å². The van der Waals surface area contributed by atoms with Crippen molar-refractivity contribution in [2.75, 3.05) is 41.0 Å². The number of nitrogens with zero attached hydrogens (tertiary/aromatic N) is 3. The number of quaternary nitrogens is 1. The van der Waals surface area contributed by atoms with Gasteiger partial charge in [-0.3, -0.25) is 4.79 Å². The van der Waals surface area contributed by atoms with E-state index < -0.39 is 18.8 Å². The molecule has 0 saturated heterocycles. The number of fused-ring (bicyclic) bond motifs is 2. The molecular formula is C35H39ClN3O7+. The zero-order valence-electron chi connectivity index (χ0n) is 26.3. The Hall–Kier alpha value is -4.19. The third-order valence-electron chi connectivity index (χ3n) is 8.50. The molecule has 2 heterocycles. The second-order valence-electron chi connectivity index (χ2n) is 11.5. The maximum Gasteiger partial charge on any atom is 0.354 e. The van der Waals surface area contributed by atoms with E-state index in [0.29, 0.717) is 46.5 Å². The highest BCUT2D eigenvalue weighted by atomic mass is 35.5. The van der Waals surface area contributed by atoms with Crippen molar-refractivity contribution in [2.45, 2.75) is 32.2 Å². The lowest BCUT2D eigenvalue weighted by Crippen LogP contribution is -2.50. The Bertz CT molecular complexity index is 1760. The molecule has 3 unspecified atom stereocenters. The van der Waals surface area contributed by atoms with Crippen molar-refractivity contribution in [1.82, 2.24) is 14.0 Å². The highest BCUT2D eigenvalue weighted by molar-refractivity contribution is 6.34.